The molecule has 1 aliphatic rings. The van der Waals surface area contributed by atoms with Gasteiger partial charge < -0.3 is 18.0 Å². The molecule has 5 nitrogen and oxygen atoms in total. The summed E-state index contributed by atoms with van der Waals surface area (Å²) in [5.41, 5.74) is -0.408. The Balaban J connectivity index is 2.75. The summed E-state index contributed by atoms with van der Waals surface area (Å²) in [6.45, 7) is 17.5. The summed E-state index contributed by atoms with van der Waals surface area (Å²) >= 11 is 0. The number of hydrogen-bond donors (Lipinski definition) is 0. The second-order valence-electron chi connectivity index (χ2n) is 6.34. The smallest absolute Gasteiger partial charge is 0.379 e. The quantitative estimate of drug-likeness (QED) is 0.676. The molecule has 0 N–H and O–H groups in total. The van der Waals surface area contributed by atoms with Crippen LogP contribution in [0.3, 0.4) is 0 Å². The predicted molar refractivity (Wildman–Crippen MR) is 81.6 cm³/mol. The Morgan fingerprint density at radius 3 is 1.85 bits per heavy atom. The van der Waals surface area contributed by atoms with Crippen molar-refractivity contribution in [3.8, 4) is 0 Å². The second-order valence-corrected chi connectivity index (χ2v) is 8.74. The van der Waals surface area contributed by atoms with Crippen LogP contribution in [0.15, 0.2) is 0 Å². The maximum Gasteiger partial charge on any atom is 0.499 e. The summed E-state index contributed by atoms with van der Waals surface area (Å²) in [6.07, 6.45) is 0.178. The molecule has 0 radical (unpaired) electrons. The summed E-state index contributed by atoms with van der Waals surface area (Å²) in [5.74, 6) is 0. The summed E-state index contributed by atoms with van der Waals surface area (Å²) in [6, 6.07) is 0. The number of ether oxygens (including phenoxy) is 1. The lowest BCUT2D eigenvalue weighted by Gasteiger charge is -2.45. The fraction of sp³-hybridized carbons (Fsp3) is 1.00. The molecule has 1 heterocycles. The van der Waals surface area contributed by atoms with Crippen molar-refractivity contribution in [3.05, 3.63) is 0 Å². The van der Waals surface area contributed by atoms with Gasteiger partial charge in [-0.15, -0.1) is 0 Å². The molecule has 0 bridgehead atoms. The summed E-state index contributed by atoms with van der Waals surface area (Å²) in [5, 5.41) is 0. The molecule has 1 rings (SSSR count). The molecule has 20 heavy (non-hydrogen) atoms. The molecule has 0 aromatic rings. The lowest BCUT2D eigenvalue weighted by Crippen LogP contribution is -2.59. The molecule has 1 fully saturated rings. The van der Waals surface area contributed by atoms with Crippen LogP contribution in [0.5, 0.6) is 0 Å². The van der Waals surface area contributed by atoms with Crippen LogP contribution >= 0.6 is 0 Å². The van der Waals surface area contributed by atoms with Crippen molar-refractivity contribution in [2.75, 3.05) is 26.3 Å². The highest BCUT2D eigenvalue weighted by molar-refractivity contribution is 6.59. The molecular weight excluding hydrogens is 274 g/mol. The molecule has 0 aliphatic carbocycles. The van der Waals surface area contributed by atoms with Gasteiger partial charge in [0.25, 0.3) is 0 Å². The van der Waals surface area contributed by atoms with Gasteiger partial charge in [0.05, 0.1) is 13.2 Å². The zero-order valence-corrected chi connectivity index (χ0v) is 15.1. The van der Waals surface area contributed by atoms with Gasteiger partial charge in [0, 0.05) is 31.8 Å². The van der Waals surface area contributed by atoms with E-state index in [1.807, 2.05) is 34.2 Å². The van der Waals surface area contributed by atoms with Gasteiger partial charge in [0.15, 0.2) is 0 Å². The van der Waals surface area contributed by atoms with Crippen molar-refractivity contribution >= 4 is 8.80 Å². The molecule has 6 heteroatoms. The van der Waals surface area contributed by atoms with E-state index in [-0.39, 0.29) is 12.2 Å². The maximum absolute atomic E-state index is 6.35. The van der Waals surface area contributed by atoms with Crippen LogP contribution < -0.4 is 0 Å². The van der Waals surface area contributed by atoms with Crippen LogP contribution in [-0.2, 0) is 18.0 Å². The minimum absolute atomic E-state index is 0.0888. The van der Waals surface area contributed by atoms with Gasteiger partial charge in [-0.3, -0.25) is 4.90 Å². The first-order valence-electron chi connectivity index (χ1n) is 7.53. The van der Waals surface area contributed by atoms with E-state index in [0.29, 0.717) is 0 Å². The first-order valence-corrected chi connectivity index (χ1v) is 9.76. The minimum Gasteiger partial charge on any atom is -0.379 e. The van der Waals surface area contributed by atoms with E-state index in [0.717, 1.165) is 26.3 Å². The Hall–Kier alpha value is 0.0169. The molecule has 1 saturated heterocycles. The van der Waals surface area contributed by atoms with Gasteiger partial charge in [0.2, 0.25) is 0 Å². The van der Waals surface area contributed by atoms with E-state index in [2.05, 4.69) is 18.7 Å². The molecule has 0 amide bonds. The third-order valence-corrected chi connectivity index (χ3v) is 5.78. The van der Waals surface area contributed by atoms with Crippen LogP contribution in [-0.4, -0.2) is 57.9 Å². The molecule has 0 aromatic heterocycles. The van der Waals surface area contributed by atoms with Crippen molar-refractivity contribution in [3.63, 3.8) is 0 Å². The molecule has 0 spiro atoms. The first-order chi connectivity index (χ1) is 9.15. The average molecular weight is 305 g/mol. The zero-order valence-electron chi connectivity index (χ0n) is 14.1. The van der Waals surface area contributed by atoms with E-state index in [1.54, 1.807) is 0 Å². The van der Waals surface area contributed by atoms with Gasteiger partial charge in [-0.1, -0.05) is 0 Å². The van der Waals surface area contributed by atoms with Gasteiger partial charge in [-0.25, -0.2) is 0 Å². The molecule has 0 aromatic carbocycles. The summed E-state index contributed by atoms with van der Waals surface area (Å²) in [7, 11) is -2.68. The average Bonchev–Trinajstić information content (AvgIpc) is 2.26. The monoisotopic (exact) mass is 305 g/mol. The van der Waals surface area contributed by atoms with Crippen molar-refractivity contribution in [1.82, 2.24) is 4.90 Å². The Morgan fingerprint density at radius 1 is 1.00 bits per heavy atom. The largest absolute Gasteiger partial charge is 0.499 e. The lowest BCUT2D eigenvalue weighted by atomic mass is 10.2. The normalized spacial score (nSPS) is 19.1. The molecule has 0 atom stereocenters. The molecular formula is C14H31NO4Si. The highest BCUT2D eigenvalue weighted by Crippen LogP contribution is 2.26. The van der Waals surface area contributed by atoms with Gasteiger partial charge in [-0.05, 0) is 41.5 Å². The van der Waals surface area contributed by atoms with E-state index in [1.165, 1.54) is 0 Å². The van der Waals surface area contributed by atoms with Crippen molar-refractivity contribution < 1.29 is 18.0 Å². The van der Waals surface area contributed by atoms with Crippen LogP contribution in [0, 0.1) is 0 Å². The standard InChI is InChI=1S/C14H31NO4Si/c1-12(2)17-20(7,18-13(3)4)19-14(5,6)15-8-10-16-11-9-15/h12-13H,8-11H2,1-7H3. The lowest BCUT2D eigenvalue weighted by molar-refractivity contribution is -0.138. The topological polar surface area (TPSA) is 40.2 Å². The fourth-order valence-electron chi connectivity index (χ4n) is 2.55. The minimum atomic E-state index is -2.68. The first kappa shape index (κ1) is 18.1. The molecule has 0 saturated carbocycles. The highest BCUT2D eigenvalue weighted by Gasteiger charge is 2.44. The molecule has 0 unspecified atom stereocenters. The molecule has 1 aliphatic heterocycles. The second kappa shape index (κ2) is 7.33. The van der Waals surface area contributed by atoms with Crippen LogP contribution in [0.2, 0.25) is 6.55 Å². The van der Waals surface area contributed by atoms with E-state index in [4.69, 9.17) is 18.0 Å². The van der Waals surface area contributed by atoms with Gasteiger partial charge >= 0.3 is 8.80 Å². The van der Waals surface area contributed by atoms with Crippen molar-refractivity contribution in [2.45, 2.75) is 66.0 Å². The SMILES string of the molecule is CC(C)O[Si](C)(OC(C)C)OC(C)(C)N1CCOCC1. The maximum atomic E-state index is 6.35. The Morgan fingerprint density at radius 2 is 1.45 bits per heavy atom. The van der Waals surface area contributed by atoms with Crippen molar-refractivity contribution in [1.29, 1.82) is 0 Å². The Kier molecular flexibility index (Phi) is 6.62. The van der Waals surface area contributed by atoms with E-state index >= 15 is 0 Å². The Labute approximate surface area is 124 Å². The zero-order chi connectivity index (χ0) is 15.4. The third kappa shape index (κ3) is 5.79. The van der Waals surface area contributed by atoms with Gasteiger partial charge in [-0.2, -0.15) is 0 Å². The van der Waals surface area contributed by atoms with E-state index < -0.39 is 14.5 Å². The summed E-state index contributed by atoms with van der Waals surface area (Å²) < 4.78 is 23.8. The Bertz CT molecular complexity index is 281. The van der Waals surface area contributed by atoms with E-state index in [9.17, 15) is 0 Å². The third-order valence-electron chi connectivity index (χ3n) is 3.11. The van der Waals surface area contributed by atoms with Crippen LogP contribution in [0.4, 0.5) is 0 Å². The molecule has 120 valence electrons. The highest BCUT2D eigenvalue weighted by atomic mass is 28.4. The fourth-order valence-corrected chi connectivity index (χ4v) is 5.45. The summed E-state index contributed by atoms with van der Waals surface area (Å²) in [4.78, 5) is 2.29. The number of rotatable bonds is 7. The van der Waals surface area contributed by atoms with Crippen molar-refractivity contribution in [2.24, 2.45) is 0 Å². The number of morpholine rings is 1. The number of hydrogen-bond acceptors (Lipinski definition) is 5. The van der Waals surface area contributed by atoms with Gasteiger partial charge in [0.1, 0.15) is 5.72 Å². The van der Waals surface area contributed by atoms with Crippen LogP contribution in [0.25, 0.3) is 0 Å². The number of nitrogens with zero attached hydrogens (tertiary/aromatic N) is 1. The predicted octanol–water partition coefficient (Wildman–Crippen LogP) is 2.49. The van der Waals surface area contributed by atoms with Crippen LogP contribution in [0.1, 0.15) is 41.5 Å².